The van der Waals surface area contributed by atoms with E-state index in [-0.39, 0.29) is 0 Å². The predicted molar refractivity (Wildman–Crippen MR) is 66.6 cm³/mol. The van der Waals surface area contributed by atoms with Crippen molar-refractivity contribution in [3.8, 4) is 0 Å². The average Bonchev–Trinajstić information content (AvgIpc) is 3.05. The molecule has 1 aliphatic carbocycles. The van der Waals surface area contributed by atoms with Gasteiger partial charge in [-0.1, -0.05) is 0 Å². The van der Waals surface area contributed by atoms with Crippen LogP contribution in [0.2, 0.25) is 0 Å². The Balaban J connectivity index is 1.88. The van der Waals surface area contributed by atoms with Crippen LogP contribution >= 0.6 is 0 Å². The summed E-state index contributed by atoms with van der Waals surface area (Å²) in [4.78, 5) is 6.42. The number of nitrogens with zero attached hydrogens (tertiary/aromatic N) is 2. The zero-order chi connectivity index (χ0) is 11.7. The van der Waals surface area contributed by atoms with E-state index < -0.39 is 0 Å². The summed E-state index contributed by atoms with van der Waals surface area (Å²) in [5, 5.41) is 0. The molecule has 0 atom stereocenters. The number of anilines is 2. The van der Waals surface area contributed by atoms with Crippen molar-refractivity contribution in [2.75, 3.05) is 10.6 Å². The van der Waals surface area contributed by atoms with Crippen LogP contribution in [0, 0.1) is 0 Å². The monoisotopic (exact) mass is 229 g/mol. The summed E-state index contributed by atoms with van der Waals surface area (Å²) in [6.07, 6.45) is 5.86. The Hall–Kier alpha value is -1.97. The molecule has 88 valence electrons. The largest absolute Gasteiger partial charge is 0.467 e. The Morgan fingerprint density at radius 3 is 2.88 bits per heavy atom. The van der Waals surface area contributed by atoms with Crippen LogP contribution in [0.1, 0.15) is 18.6 Å². The summed E-state index contributed by atoms with van der Waals surface area (Å²) < 4.78 is 5.40. The van der Waals surface area contributed by atoms with Crippen molar-refractivity contribution >= 4 is 11.5 Å². The zero-order valence-corrected chi connectivity index (χ0v) is 9.54. The highest BCUT2D eigenvalue weighted by Gasteiger charge is 2.30. The summed E-state index contributed by atoms with van der Waals surface area (Å²) in [7, 11) is 0. The second-order valence-electron chi connectivity index (χ2n) is 4.35. The van der Waals surface area contributed by atoms with Crippen LogP contribution in [0.15, 0.2) is 41.1 Å². The number of hydrogen-bond donors (Lipinski definition) is 1. The third-order valence-electron chi connectivity index (χ3n) is 3.02. The van der Waals surface area contributed by atoms with Gasteiger partial charge >= 0.3 is 0 Å². The van der Waals surface area contributed by atoms with Gasteiger partial charge in [0.15, 0.2) is 0 Å². The van der Waals surface area contributed by atoms with Crippen LogP contribution in [-0.4, -0.2) is 11.0 Å². The van der Waals surface area contributed by atoms with Crippen molar-refractivity contribution in [3.05, 3.63) is 42.5 Å². The summed E-state index contributed by atoms with van der Waals surface area (Å²) >= 11 is 0. The van der Waals surface area contributed by atoms with E-state index in [4.69, 9.17) is 10.2 Å². The topological polar surface area (TPSA) is 55.3 Å². The van der Waals surface area contributed by atoms with Crippen molar-refractivity contribution in [2.24, 2.45) is 0 Å². The molecule has 1 saturated carbocycles. The van der Waals surface area contributed by atoms with Crippen molar-refractivity contribution < 1.29 is 4.42 Å². The molecule has 1 aliphatic rings. The number of hydrogen-bond acceptors (Lipinski definition) is 4. The minimum Gasteiger partial charge on any atom is -0.467 e. The lowest BCUT2D eigenvalue weighted by atomic mass is 10.3. The molecule has 3 rings (SSSR count). The van der Waals surface area contributed by atoms with E-state index in [2.05, 4.69) is 9.88 Å². The number of nitrogen functional groups attached to an aromatic ring is 1. The molecule has 2 aromatic heterocycles. The molecule has 0 radical (unpaired) electrons. The first kappa shape index (κ1) is 10.2. The van der Waals surface area contributed by atoms with E-state index in [1.165, 1.54) is 12.8 Å². The molecule has 0 unspecified atom stereocenters. The summed E-state index contributed by atoms with van der Waals surface area (Å²) in [6, 6.07) is 8.41. The first-order valence-electron chi connectivity index (χ1n) is 5.84. The fourth-order valence-corrected chi connectivity index (χ4v) is 2.02. The number of nitrogens with two attached hydrogens (primary N) is 1. The Bertz CT molecular complexity index is 491. The van der Waals surface area contributed by atoms with Gasteiger partial charge in [0.05, 0.1) is 18.5 Å². The minimum absolute atomic E-state index is 0.576. The van der Waals surface area contributed by atoms with Gasteiger partial charge in [0.25, 0.3) is 0 Å². The third kappa shape index (κ3) is 2.11. The second kappa shape index (κ2) is 4.13. The molecule has 2 heterocycles. The standard InChI is InChI=1S/C13H15N3O/c14-13-12(4-1-7-15-13)16(10-5-6-10)9-11-3-2-8-17-11/h1-4,7-8,10H,5-6,9H2,(H2,14,15). The van der Waals surface area contributed by atoms with Gasteiger partial charge in [-0.2, -0.15) is 0 Å². The van der Waals surface area contributed by atoms with Gasteiger partial charge < -0.3 is 15.1 Å². The Kier molecular flexibility index (Phi) is 2.48. The molecule has 2 aromatic rings. The van der Waals surface area contributed by atoms with E-state index >= 15 is 0 Å². The van der Waals surface area contributed by atoms with E-state index in [1.807, 2.05) is 24.3 Å². The molecule has 0 amide bonds. The van der Waals surface area contributed by atoms with Crippen LogP contribution in [0.5, 0.6) is 0 Å². The number of aromatic nitrogens is 1. The molecule has 4 nitrogen and oxygen atoms in total. The Morgan fingerprint density at radius 1 is 1.35 bits per heavy atom. The Labute approximate surface area is 100 Å². The van der Waals surface area contributed by atoms with Crippen molar-refractivity contribution in [1.29, 1.82) is 0 Å². The lowest BCUT2D eigenvalue weighted by Gasteiger charge is -2.24. The highest BCUT2D eigenvalue weighted by molar-refractivity contribution is 5.64. The molecule has 0 bridgehead atoms. The molecule has 0 aromatic carbocycles. The van der Waals surface area contributed by atoms with Gasteiger partial charge in [0, 0.05) is 12.2 Å². The summed E-state index contributed by atoms with van der Waals surface area (Å²) in [6.45, 7) is 0.758. The molecular weight excluding hydrogens is 214 g/mol. The number of rotatable bonds is 4. The quantitative estimate of drug-likeness (QED) is 0.874. The van der Waals surface area contributed by atoms with Crippen molar-refractivity contribution in [2.45, 2.75) is 25.4 Å². The number of furan rings is 1. The second-order valence-corrected chi connectivity index (χ2v) is 4.35. The van der Waals surface area contributed by atoms with Gasteiger partial charge in [0.1, 0.15) is 11.6 Å². The molecule has 4 heteroatoms. The highest BCUT2D eigenvalue weighted by Crippen LogP contribution is 2.35. The fraction of sp³-hybridized carbons (Fsp3) is 0.308. The van der Waals surface area contributed by atoms with Gasteiger partial charge in [0.2, 0.25) is 0 Å². The molecule has 0 saturated heterocycles. The van der Waals surface area contributed by atoms with Crippen LogP contribution in [0.25, 0.3) is 0 Å². The van der Waals surface area contributed by atoms with E-state index in [0.29, 0.717) is 11.9 Å². The Morgan fingerprint density at radius 2 is 2.24 bits per heavy atom. The molecule has 1 fully saturated rings. The normalized spacial score (nSPS) is 14.8. The summed E-state index contributed by atoms with van der Waals surface area (Å²) in [5.41, 5.74) is 6.94. The number of pyridine rings is 1. The van der Waals surface area contributed by atoms with Crippen molar-refractivity contribution in [1.82, 2.24) is 4.98 Å². The van der Waals surface area contributed by atoms with Gasteiger partial charge in [-0.25, -0.2) is 4.98 Å². The highest BCUT2D eigenvalue weighted by atomic mass is 16.3. The van der Waals surface area contributed by atoms with Crippen LogP contribution in [-0.2, 0) is 6.54 Å². The lowest BCUT2D eigenvalue weighted by molar-refractivity contribution is 0.501. The van der Waals surface area contributed by atoms with E-state index in [0.717, 1.165) is 18.0 Å². The van der Waals surface area contributed by atoms with Crippen LogP contribution < -0.4 is 10.6 Å². The van der Waals surface area contributed by atoms with Crippen molar-refractivity contribution in [3.63, 3.8) is 0 Å². The third-order valence-corrected chi connectivity index (χ3v) is 3.02. The maximum atomic E-state index is 5.93. The molecule has 0 aliphatic heterocycles. The predicted octanol–water partition coefficient (Wildman–Crippen LogP) is 2.43. The van der Waals surface area contributed by atoms with Gasteiger partial charge in [-0.05, 0) is 37.1 Å². The molecule has 2 N–H and O–H groups in total. The molecular formula is C13H15N3O. The zero-order valence-electron chi connectivity index (χ0n) is 9.54. The summed E-state index contributed by atoms with van der Waals surface area (Å²) in [5.74, 6) is 1.55. The van der Waals surface area contributed by atoms with E-state index in [1.54, 1.807) is 12.5 Å². The van der Waals surface area contributed by atoms with Crippen LogP contribution in [0.3, 0.4) is 0 Å². The molecule has 17 heavy (non-hydrogen) atoms. The minimum atomic E-state index is 0.576. The maximum absolute atomic E-state index is 5.93. The van der Waals surface area contributed by atoms with E-state index in [9.17, 15) is 0 Å². The van der Waals surface area contributed by atoms with Gasteiger partial charge in [-0.15, -0.1) is 0 Å². The first-order chi connectivity index (χ1) is 8.34. The maximum Gasteiger partial charge on any atom is 0.146 e. The smallest absolute Gasteiger partial charge is 0.146 e. The SMILES string of the molecule is Nc1ncccc1N(Cc1ccco1)C1CC1. The first-order valence-corrected chi connectivity index (χ1v) is 5.84. The van der Waals surface area contributed by atoms with Crippen LogP contribution in [0.4, 0.5) is 11.5 Å². The molecule has 0 spiro atoms. The fourth-order valence-electron chi connectivity index (χ4n) is 2.02. The van der Waals surface area contributed by atoms with Gasteiger partial charge in [-0.3, -0.25) is 0 Å². The average molecular weight is 229 g/mol. The lowest BCUT2D eigenvalue weighted by Crippen LogP contribution is -2.25.